The molecular weight excluding hydrogens is 360 g/mol. The monoisotopic (exact) mass is 380 g/mol. The van der Waals surface area contributed by atoms with Gasteiger partial charge in [0.1, 0.15) is 17.9 Å². The Balaban J connectivity index is 1.75. The van der Waals surface area contributed by atoms with Gasteiger partial charge >= 0.3 is 11.9 Å². The first-order valence-electron chi connectivity index (χ1n) is 8.78. The third-order valence-electron chi connectivity index (χ3n) is 4.02. The SMILES string of the molecule is CCOC(=O)c1oc2ccccc2c1COC(=O)/C=C/c1cccc(OC)c1. The summed E-state index contributed by atoms with van der Waals surface area (Å²) in [4.78, 5) is 24.3. The van der Waals surface area contributed by atoms with Crippen LogP contribution in [0.3, 0.4) is 0 Å². The second kappa shape index (κ2) is 8.90. The average Bonchev–Trinajstić information content (AvgIpc) is 3.10. The molecule has 1 heterocycles. The predicted octanol–water partition coefficient (Wildman–Crippen LogP) is 4.37. The molecule has 0 amide bonds. The van der Waals surface area contributed by atoms with E-state index < -0.39 is 11.9 Å². The maximum Gasteiger partial charge on any atom is 0.374 e. The molecule has 0 aliphatic heterocycles. The molecule has 0 spiro atoms. The van der Waals surface area contributed by atoms with Crippen LogP contribution < -0.4 is 4.74 Å². The van der Waals surface area contributed by atoms with Crippen LogP contribution in [0.5, 0.6) is 5.75 Å². The number of fused-ring (bicyclic) bond motifs is 1. The Morgan fingerprint density at radius 3 is 2.68 bits per heavy atom. The van der Waals surface area contributed by atoms with E-state index in [1.54, 1.807) is 44.4 Å². The molecule has 28 heavy (non-hydrogen) atoms. The summed E-state index contributed by atoms with van der Waals surface area (Å²) in [5.41, 5.74) is 1.82. The summed E-state index contributed by atoms with van der Waals surface area (Å²) in [6.45, 7) is 1.83. The standard InChI is InChI=1S/C22H20O6/c1-3-26-22(24)21-18(17-9-4-5-10-19(17)28-21)14-27-20(23)12-11-15-7-6-8-16(13-15)25-2/h4-13H,3,14H2,1-2H3/b12-11+. The Morgan fingerprint density at radius 1 is 1.07 bits per heavy atom. The third kappa shape index (κ3) is 4.40. The number of methoxy groups -OCH3 is 1. The number of carbonyl (C=O) groups is 2. The van der Waals surface area contributed by atoms with Crippen LogP contribution in [0.15, 0.2) is 59.0 Å². The first-order chi connectivity index (χ1) is 13.6. The minimum Gasteiger partial charge on any atom is -0.497 e. The number of hydrogen-bond acceptors (Lipinski definition) is 6. The Morgan fingerprint density at radius 2 is 1.89 bits per heavy atom. The third-order valence-corrected chi connectivity index (χ3v) is 4.02. The van der Waals surface area contributed by atoms with Gasteiger partial charge in [-0.1, -0.05) is 30.3 Å². The Labute approximate surface area is 162 Å². The minimum atomic E-state index is -0.586. The van der Waals surface area contributed by atoms with Crippen LogP contribution in [-0.4, -0.2) is 25.7 Å². The Hall–Kier alpha value is -3.54. The van der Waals surface area contributed by atoms with Crippen molar-refractivity contribution in [2.24, 2.45) is 0 Å². The highest BCUT2D eigenvalue weighted by Crippen LogP contribution is 2.27. The molecule has 144 valence electrons. The van der Waals surface area contributed by atoms with E-state index >= 15 is 0 Å². The van der Waals surface area contributed by atoms with E-state index in [4.69, 9.17) is 18.6 Å². The predicted molar refractivity (Wildman–Crippen MR) is 104 cm³/mol. The fourth-order valence-electron chi connectivity index (χ4n) is 2.70. The Bertz CT molecular complexity index is 1010. The second-order valence-corrected chi connectivity index (χ2v) is 5.84. The van der Waals surface area contributed by atoms with Crippen molar-refractivity contribution < 1.29 is 28.2 Å². The molecule has 0 bridgehead atoms. The van der Waals surface area contributed by atoms with Gasteiger partial charge in [-0.25, -0.2) is 9.59 Å². The maximum atomic E-state index is 12.2. The molecule has 0 radical (unpaired) electrons. The summed E-state index contributed by atoms with van der Waals surface area (Å²) in [7, 11) is 1.58. The normalized spacial score (nSPS) is 10.9. The zero-order valence-corrected chi connectivity index (χ0v) is 15.6. The highest BCUT2D eigenvalue weighted by atomic mass is 16.5. The van der Waals surface area contributed by atoms with Gasteiger partial charge < -0.3 is 18.6 Å². The quantitative estimate of drug-likeness (QED) is 0.447. The molecule has 3 rings (SSSR count). The molecule has 1 aromatic heterocycles. The van der Waals surface area contributed by atoms with E-state index in [0.29, 0.717) is 22.3 Å². The van der Waals surface area contributed by atoms with Crippen LogP contribution >= 0.6 is 0 Å². The topological polar surface area (TPSA) is 75.0 Å². The summed E-state index contributed by atoms with van der Waals surface area (Å²) < 4.78 is 21.1. The molecule has 0 saturated carbocycles. The number of benzene rings is 2. The minimum absolute atomic E-state index is 0.0487. The number of furan rings is 1. The van der Waals surface area contributed by atoms with Gasteiger partial charge in [-0.2, -0.15) is 0 Å². The molecular formula is C22H20O6. The van der Waals surface area contributed by atoms with E-state index in [9.17, 15) is 9.59 Å². The number of hydrogen-bond donors (Lipinski definition) is 0. The molecule has 0 aliphatic carbocycles. The lowest BCUT2D eigenvalue weighted by Crippen LogP contribution is -2.08. The molecule has 0 fully saturated rings. The van der Waals surface area contributed by atoms with Crippen molar-refractivity contribution in [3.8, 4) is 5.75 Å². The summed E-state index contributed by atoms with van der Waals surface area (Å²) >= 11 is 0. The second-order valence-electron chi connectivity index (χ2n) is 5.84. The summed E-state index contributed by atoms with van der Waals surface area (Å²) in [6, 6.07) is 14.4. The van der Waals surface area contributed by atoms with Crippen molar-refractivity contribution in [3.63, 3.8) is 0 Å². The molecule has 0 aliphatic rings. The van der Waals surface area contributed by atoms with E-state index in [-0.39, 0.29) is 19.0 Å². The van der Waals surface area contributed by atoms with Crippen LogP contribution in [0.25, 0.3) is 17.0 Å². The van der Waals surface area contributed by atoms with E-state index in [2.05, 4.69) is 0 Å². The van der Waals surface area contributed by atoms with Crippen molar-refractivity contribution >= 4 is 29.0 Å². The van der Waals surface area contributed by atoms with Gasteiger partial charge in [-0.15, -0.1) is 0 Å². The molecule has 2 aromatic carbocycles. The van der Waals surface area contributed by atoms with Crippen molar-refractivity contribution in [2.75, 3.05) is 13.7 Å². The largest absolute Gasteiger partial charge is 0.497 e. The number of ether oxygens (including phenoxy) is 3. The van der Waals surface area contributed by atoms with Crippen LogP contribution in [0.1, 0.15) is 28.6 Å². The Kier molecular flexibility index (Phi) is 6.11. The zero-order valence-electron chi connectivity index (χ0n) is 15.6. The highest BCUT2D eigenvalue weighted by molar-refractivity contribution is 5.96. The summed E-state index contributed by atoms with van der Waals surface area (Å²) in [6.07, 6.45) is 2.95. The lowest BCUT2D eigenvalue weighted by atomic mass is 10.1. The fourth-order valence-corrected chi connectivity index (χ4v) is 2.70. The van der Waals surface area contributed by atoms with E-state index in [1.165, 1.54) is 6.08 Å². The molecule has 6 nitrogen and oxygen atoms in total. The number of carbonyl (C=O) groups excluding carboxylic acids is 2. The molecule has 0 N–H and O–H groups in total. The van der Waals surface area contributed by atoms with Crippen LogP contribution in [0, 0.1) is 0 Å². The molecule has 0 unspecified atom stereocenters. The molecule has 0 atom stereocenters. The van der Waals surface area contributed by atoms with Crippen molar-refractivity contribution in [1.82, 2.24) is 0 Å². The van der Waals surface area contributed by atoms with Gasteiger partial charge in [0, 0.05) is 11.5 Å². The summed E-state index contributed by atoms with van der Waals surface area (Å²) in [5, 5.41) is 0.704. The van der Waals surface area contributed by atoms with Crippen molar-refractivity contribution in [1.29, 1.82) is 0 Å². The van der Waals surface area contributed by atoms with Gasteiger partial charge in [0.15, 0.2) is 0 Å². The average molecular weight is 380 g/mol. The first-order valence-corrected chi connectivity index (χ1v) is 8.78. The maximum absolute atomic E-state index is 12.2. The fraction of sp³-hybridized carbons (Fsp3) is 0.182. The highest BCUT2D eigenvalue weighted by Gasteiger charge is 2.22. The number of esters is 2. The van der Waals surface area contributed by atoms with Crippen LogP contribution in [-0.2, 0) is 20.9 Å². The molecule has 0 saturated heterocycles. The van der Waals surface area contributed by atoms with Crippen molar-refractivity contribution in [2.45, 2.75) is 13.5 Å². The van der Waals surface area contributed by atoms with E-state index in [0.717, 1.165) is 5.56 Å². The van der Waals surface area contributed by atoms with Gasteiger partial charge in [0.25, 0.3) is 0 Å². The van der Waals surface area contributed by atoms with Crippen molar-refractivity contribution in [3.05, 3.63) is 71.5 Å². The first kappa shape index (κ1) is 19.2. The lowest BCUT2D eigenvalue weighted by molar-refractivity contribution is -0.138. The number of rotatable bonds is 7. The lowest BCUT2D eigenvalue weighted by Gasteiger charge is -2.04. The zero-order chi connectivity index (χ0) is 19.9. The smallest absolute Gasteiger partial charge is 0.374 e. The number of para-hydroxylation sites is 1. The van der Waals surface area contributed by atoms with Gasteiger partial charge in [-0.05, 0) is 36.8 Å². The van der Waals surface area contributed by atoms with Gasteiger partial charge in [0.2, 0.25) is 5.76 Å². The molecule has 3 aromatic rings. The van der Waals surface area contributed by atoms with Crippen LogP contribution in [0.2, 0.25) is 0 Å². The van der Waals surface area contributed by atoms with Crippen LogP contribution in [0.4, 0.5) is 0 Å². The van der Waals surface area contributed by atoms with Gasteiger partial charge in [0.05, 0.1) is 19.3 Å². The molecule has 6 heteroatoms. The summed E-state index contributed by atoms with van der Waals surface area (Å²) in [5.74, 6) is -0.383. The van der Waals surface area contributed by atoms with Gasteiger partial charge in [-0.3, -0.25) is 0 Å². The van der Waals surface area contributed by atoms with E-state index in [1.807, 2.05) is 24.3 Å².